The van der Waals surface area contributed by atoms with Crippen LogP contribution in [0.5, 0.6) is 0 Å². The van der Waals surface area contributed by atoms with Crippen molar-refractivity contribution in [2.45, 2.75) is 32.6 Å². The molecule has 0 saturated heterocycles. The van der Waals surface area contributed by atoms with E-state index < -0.39 is 0 Å². The van der Waals surface area contributed by atoms with Crippen LogP contribution in [0.1, 0.15) is 49.3 Å². The standard InChI is InChI=1S/C13H14N/c1-9(2)11-5-6-13(10-3-4-10)12(7-11)8-14/h5-7,10H,3-4H2,1-2H3. The molecule has 2 rings (SSSR count). The van der Waals surface area contributed by atoms with Crippen molar-refractivity contribution in [3.8, 4) is 6.07 Å². The summed E-state index contributed by atoms with van der Waals surface area (Å²) in [4.78, 5) is 0. The fraction of sp³-hybridized carbons (Fsp3) is 0.385. The molecule has 14 heavy (non-hydrogen) atoms. The van der Waals surface area contributed by atoms with Gasteiger partial charge in [-0.3, -0.25) is 0 Å². The molecule has 1 radical (unpaired) electrons. The van der Waals surface area contributed by atoms with E-state index in [9.17, 15) is 0 Å². The molecule has 1 nitrogen and oxygen atoms in total. The Morgan fingerprint density at radius 1 is 1.36 bits per heavy atom. The average molecular weight is 184 g/mol. The predicted molar refractivity (Wildman–Crippen MR) is 56.8 cm³/mol. The number of nitrogens with zero attached hydrogens (tertiary/aromatic N) is 1. The highest BCUT2D eigenvalue weighted by molar-refractivity contribution is 5.46. The van der Waals surface area contributed by atoms with Crippen molar-refractivity contribution in [1.82, 2.24) is 0 Å². The van der Waals surface area contributed by atoms with E-state index in [1.807, 2.05) is 6.07 Å². The number of hydrogen-bond donors (Lipinski definition) is 0. The van der Waals surface area contributed by atoms with E-state index in [0.29, 0.717) is 5.92 Å². The predicted octanol–water partition coefficient (Wildman–Crippen LogP) is 3.40. The first-order valence-corrected chi connectivity index (χ1v) is 5.07. The largest absolute Gasteiger partial charge is 0.192 e. The second-order valence-electron chi connectivity index (χ2n) is 4.19. The van der Waals surface area contributed by atoms with Crippen LogP contribution in [0.4, 0.5) is 0 Å². The summed E-state index contributed by atoms with van der Waals surface area (Å²) in [5.41, 5.74) is 3.30. The maximum atomic E-state index is 9.04. The van der Waals surface area contributed by atoms with Crippen LogP contribution in [0, 0.1) is 17.2 Å². The van der Waals surface area contributed by atoms with E-state index in [-0.39, 0.29) is 0 Å². The van der Waals surface area contributed by atoms with Gasteiger partial charge in [-0.2, -0.15) is 5.26 Å². The van der Waals surface area contributed by atoms with Gasteiger partial charge in [0.25, 0.3) is 0 Å². The third-order valence-electron chi connectivity index (χ3n) is 2.77. The van der Waals surface area contributed by atoms with Gasteiger partial charge in [-0.15, -0.1) is 0 Å². The van der Waals surface area contributed by atoms with Gasteiger partial charge in [0, 0.05) is 0 Å². The van der Waals surface area contributed by atoms with Crippen molar-refractivity contribution < 1.29 is 0 Å². The first kappa shape index (κ1) is 9.27. The molecule has 1 aromatic rings. The van der Waals surface area contributed by atoms with Gasteiger partial charge in [-0.05, 0) is 41.9 Å². The highest BCUT2D eigenvalue weighted by Crippen LogP contribution is 2.41. The zero-order valence-corrected chi connectivity index (χ0v) is 8.67. The molecule has 1 aliphatic carbocycles. The van der Waals surface area contributed by atoms with Gasteiger partial charge in [0.05, 0.1) is 11.6 Å². The summed E-state index contributed by atoms with van der Waals surface area (Å²) in [6.45, 7) is 4.15. The molecule has 0 unspecified atom stereocenters. The molecule has 0 bridgehead atoms. The molecule has 0 aromatic heterocycles. The maximum Gasteiger partial charge on any atom is 0.0994 e. The van der Waals surface area contributed by atoms with Crippen molar-refractivity contribution in [2.75, 3.05) is 0 Å². The molecule has 1 aromatic carbocycles. The van der Waals surface area contributed by atoms with Gasteiger partial charge in [0.1, 0.15) is 0 Å². The molecule has 1 fully saturated rings. The minimum absolute atomic E-state index is 0.663. The Kier molecular flexibility index (Phi) is 2.29. The van der Waals surface area contributed by atoms with Crippen molar-refractivity contribution in [1.29, 1.82) is 5.26 Å². The van der Waals surface area contributed by atoms with Crippen LogP contribution in [0.25, 0.3) is 0 Å². The molecule has 1 saturated carbocycles. The van der Waals surface area contributed by atoms with Crippen LogP contribution in [0.3, 0.4) is 0 Å². The van der Waals surface area contributed by atoms with E-state index in [4.69, 9.17) is 5.26 Å². The summed E-state index contributed by atoms with van der Waals surface area (Å²) in [5.74, 6) is 1.93. The van der Waals surface area contributed by atoms with Crippen LogP contribution in [0.15, 0.2) is 18.2 Å². The molecule has 0 atom stereocenters. The smallest absolute Gasteiger partial charge is 0.0994 e. The lowest BCUT2D eigenvalue weighted by Gasteiger charge is -2.07. The fourth-order valence-electron chi connectivity index (χ4n) is 1.71. The Labute approximate surface area is 85.4 Å². The molecule has 0 spiro atoms. The molecule has 1 heteroatoms. The summed E-state index contributed by atoms with van der Waals surface area (Å²) in [5, 5.41) is 9.04. The SMILES string of the molecule is C[C](C)c1ccc(C2CC2)c(C#N)c1. The Bertz CT molecular complexity index is 381. The highest BCUT2D eigenvalue weighted by Gasteiger charge is 2.26. The fourth-order valence-corrected chi connectivity index (χ4v) is 1.71. The number of rotatable bonds is 2. The van der Waals surface area contributed by atoms with Crippen LogP contribution in [-0.2, 0) is 0 Å². The highest BCUT2D eigenvalue weighted by atomic mass is 14.3. The van der Waals surface area contributed by atoms with Gasteiger partial charge in [0.15, 0.2) is 0 Å². The van der Waals surface area contributed by atoms with Crippen molar-refractivity contribution in [3.05, 3.63) is 40.8 Å². The Hall–Kier alpha value is -1.29. The van der Waals surface area contributed by atoms with Crippen LogP contribution < -0.4 is 0 Å². The number of hydrogen-bond acceptors (Lipinski definition) is 1. The normalized spacial score (nSPS) is 15.6. The summed E-state index contributed by atoms with van der Waals surface area (Å²) < 4.78 is 0. The molecule has 0 amide bonds. The van der Waals surface area contributed by atoms with Crippen LogP contribution in [0.2, 0.25) is 0 Å². The van der Waals surface area contributed by atoms with Crippen LogP contribution in [-0.4, -0.2) is 0 Å². The summed E-state index contributed by atoms with van der Waals surface area (Å²) >= 11 is 0. The Balaban J connectivity index is 2.40. The van der Waals surface area contributed by atoms with Crippen molar-refractivity contribution in [2.24, 2.45) is 0 Å². The van der Waals surface area contributed by atoms with Crippen molar-refractivity contribution in [3.63, 3.8) is 0 Å². The van der Waals surface area contributed by atoms with Crippen LogP contribution >= 0.6 is 0 Å². The summed E-state index contributed by atoms with van der Waals surface area (Å²) in [6, 6.07) is 8.57. The monoisotopic (exact) mass is 184 g/mol. The molecule has 0 heterocycles. The maximum absolute atomic E-state index is 9.04. The van der Waals surface area contributed by atoms with E-state index in [1.54, 1.807) is 0 Å². The van der Waals surface area contributed by atoms with Gasteiger partial charge >= 0.3 is 0 Å². The second-order valence-corrected chi connectivity index (χ2v) is 4.19. The Morgan fingerprint density at radius 3 is 2.57 bits per heavy atom. The third kappa shape index (κ3) is 1.65. The molecular weight excluding hydrogens is 170 g/mol. The average Bonchev–Trinajstić information content (AvgIpc) is 3.00. The minimum Gasteiger partial charge on any atom is -0.192 e. The first-order valence-electron chi connectivity index (χ1n) is 5.07. The van der Waals surface area contributed by atoms with E-state index in [2.05, 4.69) is 32.0 Å². The summed E-state index contributed by atoms with van der Waals surface area (Å²) in [7, 11) is 0. The lowest BCUT2D eigenvalue weighted by molar-refractivity contribution is 1.09. The van der Waals surface area contributed by atoms with E-state index >= 15 is 0 Å². The van der Waals surface area contributed by atoms with Crippen molar-refractivity contribution >= 4 is 0 Å². The van der Waals surface area contributed by atoms with Gasteiger partial charge in [-0.25, -0.2) is 0 Å². The zero-order chi connectivity index (χ0) is 10.1. The summed E-state index contributed by atoms with van der Waals surface area (Å²) in [6.07, 6.45) is 2.51. The van der Waals surface area contributed by atoms with Gasteiger partial charge < -0.3 is 0 Å². The van der Waals surface area contributed by atoms with Gasteiger partial charge in [0.2, 0.25) is 0 Å². The lowest BCUT2D eigenvalue weighted by Crippen LogP contribution is -1.93. The number of benzene rings is 1. The second kappa shape index (κ2) is 3.46. The molecular formula is C13H14N. The van der Waals surface area contributed by atoms with E-state index in [0.717, 1.165) is 5.56 Å². The molecule has 71 valence electrons. The molecule has 0 aliphatic heterocycles. The molecule has 1 aliphatic rings. The quantitative estimate of drug-likeness (QED) is 0.691. The van der Waals surface area contributed by atoms with Gasteiger partial charge in [-0.1, -0.05) is 26.0 Å². The zero-order valence-electron chi connectivity index (χ0n) is 8.67. The topological polar surface area (TPSA) is 23.8 Å². The third-order valence-corrected chi connectivity index (χ3v) is 2.77. The van der Waals surface area contributed by atoms with E-state index in [1.165, 1.54) is 29.9 Å². The lowest BCUT2D eigenvalue weighted by atomic mass is 9.96. The minimum atomic E-state index is 0.663. The Morgan fingerprint density at radius 2 is 2.07 bits per heavy atom. The first-order chi connectivity index (χ1) is 6.72. The molecule has 0 N–H and O–H groups in total. The number of nitriles is 1.